The van der Waals surface area contributed by atoms with Crippen LogP contribution in [0, 0.1) is 29.1 Å². The van der Waals surface area contributed by atoms with E-state index in [9.17, 15) is 9.59 Å². The van der Waals surface area contributed by atoms with Crippen molar-refractivity contribution in [3.8, 4) is 0 Å². The maximum atomic E-state index is 13.3. The van der Waals surface area contributed by atoms with Crippen LogP contribution in [0.5, 0.6) is 0 Å². The Morgan fingerprint density at radius 1 is 1.04 bits per heavy atom. The standard InChI is InChI=1S/C22H34N2O2/c1-5-7-24(8-6-2)20(25)19(15(3)4)23-21(26)22-12-16-9-17(13-22)11-18(10-16)14-22/h5-6,15-19H,1-2,7-14H2,3-4H3,(H,23,26). The molecule has 0 aromatic rings. The largest absolute Gasteiger partial charge is 0.344 e. The molecule has 26 heavy (non-hydrogen) atoms. The van der Waals surface area contributed by atoms with Crippen molar-refractivity contribution in [3.05, 3.63) is 25.3 Å². The highest BCUT2D eigenvalue weighted by molar-refractivity contribution is 5.90. The van der Waals surface area contributed by atoms with Crippen molar-refractivity contribution in [1.82, 2.24) is 10.2 Å². The second kappa shape index (κ2) is 7.58. The molecule has 144 valence electrons. The average Bonchev–Trinajstić information content (AvgIpc) is 2.57. The van der Waals surface area contributed by atoms with E-state index >= 15 is 0 Å². The minimum atomic E-state index is -0.476. The Balaban J connectivity index is 1.73. The highest BCUT2D eigenvalue weighted by Gasteiger charge is 2.55. The summed E-state index contributed by atoms with van der Waals surface area (Å²) in [6.45, 7) is 12.4. The van der Waals surface area contributed by atoms with Gasteiger partial charge in [-0.15, -0.1) is 13.2 Å². The van der Waals surface area contributed by atoms with Gasteiger partial charge in [-0.3, -0.25) is 9.59 Å². The van der Waals surface area contributed by atoms with E-state index in [1.807, 2.05) is 13.8 Å². The van der Waals surface area contributed by atoms with Gasteiger partial charge in [-0.2, -0.15) is 0 Å². The van der Waals surface area contributed by atoms with E-state index in [1.165, 1.54) is 19.3 Å². The second-order valence-corrected chi connectivity index (χ2v) is 9.21. The Bertz CT molecular complexity index is 535. The van der Waals surface area contributed by atoms with E-state index in [2.05, 4.69) is 18.5 Å². The molecule has 0 aromatic heterocycles. The maximum Gasteiger partial charge on any atom is 0.245 e. The van der Waals surface area contributed by atoms with Crippen LogP contribution in [0.15, 0.2) is 25.3 Å². The summed E-state index contributed by atoms with van der Waals surface area (Å²) in [4.78, 5) is 28.1. The highest BCUT2D eigenvalue weighted by atomic mass is 16.2. The Hall–Kier alpha value is -1.58. The summed E-state index contributed by atoms with van der Waals surface area (Å²) in [6.07, 6.45) is 10.4. The fraction of sp³-hybridized carbons (Fsp3) is 0.727. The molecule has 0 saturated heterocycles. The lowest BCUT2D eigenvalue weighted by Gasteiger charge is -2.56. The molecule has 1 unspecified atom stereocenters. The molecule has 4 saturated carbocycles. The van der Waals surface area contributed by atoms with Gasteiger partial charge in [-0.25, -0.2) is 0 Å². The fourth-order valence-electron chi connectivity index (χ4n) is 5.96. The average molecular weight is 359 g/mol. The van der Waals surface area contributed by atoms with Crippen LogP contribution in [0.3, 0.4) is 0 Å². The number of nitrogens with one attached hydrogen (secondary N) is 1. The summed E-state index contributed by atoms with van der Waals surface area (Å²) in [6, 6.07) is -0.476. The molecular weight excluding hydrogens is 324 g/mol. The van der Waals surface area contributed by atoms with E-state index in [1.54, 1.807) is 17.1 Å². The van der Waals surface area contributed by atoms with Gasteiger partial charge in [-0.1, -0.05) is 26.0 Å². The zero-order chi connectivity index (χ0) is 18.9. The third-order valence-electron chi connectivity index (χ3n) is 6.75. The van der Waals surface area contributed by atoms with Gasteiger partial charge in [0.2, 0.25) is 11.8 Å². The zero-order valence-corrected chi connectivity index (χ0v) is 16.4. The third-order valence-corrected chi connectivity index (χ3v) is 6.75. The molecule has 4 aliphatic rings. The summed E-state index contributed by atoms with van der Waals surface area (Å²) >= 11 is 0. The predicted octanol–water partition coefficient (Wildman–Crippen LogP) is 3.54. The molecule has 0 aliphatic heterocycles. The smallest absolute Gasteiger partial charge is 0.245 e. The van der Waals surface area contributed by atoms with Gasteiger partial charge >= 0.3 is 0 Å². The number of rotatable bonds is 8. The van der Waals surface area contributed by atoms with Gasteiger partial charge in [0.05, 0.1) is 0 Å². The minimum Gasteiger partial charge on any atom is -0.344 e. The summed E-state index contributed by atoms with van der Waals surface area (Å²) in [5.74, 6) is 2.31. The minimum absolute atomic E-state index is 0.0297. The predicted molar refractivity (Wildman–Crippen MR) is 104 cm³/mol. The number of nitrogens with zero attached hydrogens (tertiary/aromatic N) is 1. The van der Waals surface area contributed by atoms with Crippen molar-refractivity contribution < 1.29 is 9.59 Å². The first kappa shape index (κ1) is 19.2. The molecule has 1 N–H and O–H groups in total. The summed E-state index contributed by atoms with van der Waals surface area (Å²) in [5.41, 5.74) is -0.218. The molecule has 4 fully saturated rings. The molecule has 1 atom stereocenters. The van der Waals surface area contributed by atoms with E-state index in [0.29, 0.717) is 13.1 Å². The van der Waals surface area contributed by atoms with Crippen LogP contribution in [-0.4, -0.2) is 35.8 Å². The molecular formula is C22H34N2O2. The quantitative estimate of drug-likeness (QED) is 0.675. The van der Waals surface area contributed by atoms with Crippen LogP contribution < -0.4 is 5.32 Å². The van der Waals surface area contributed by atoms with Crippen LogP contribution >= 0.6 is 0 Å². The Morgan fingerprint density at radius 3 is 1.88 bits per heavy atom. The Kier molecular flexibility index (Phi) is 5.59. The Morgan fingerprint density at radius 2 is 1.50 bits per heavy atom. The first-order chi connectivity index (χ1) is 12.4. The van der Waals surface area contributed by atoms with Crippen LogP contribution in [0.4, 0.5) is 0 Å². The third kappa shape index (κ3) is 3.60. The highest BCUT2D eigenvalue weighted by Crippen LogP contribution is 2.60. The number of carbonyl (C=O) groups is 2. The zero-order valence-electron chi connectivity index (χ0n) is 16.4. The molecule has 4 heteroatoms. The van der Waals surface area contributed by atoms with Crippen molar-refractivity contribution in [1.29, 1.82) is 0 Å². The first-order valence-electron chi connectivity index (χ1n) is 10.2. The Labute approximate surface area is 158 Å². The number of hydrogen-bond donors (Lipinski definition) is 1. The van der Waals surface area contributed by atoms with Gasteiger partial charge in [0.1, 0.15) is 6.04 Å². The lowest BCUT2D eigenvalue weighted by molar-refractivity contribution is -0.150. The van der Waals surface area contributed by atoms with Crippen LogP contribution in [0.1, 0.15) is 52.4 Å². The van der Waals surface area contributed by atoms with Gasteiger partial charge in [0.25, 0.3) is 0 Å². The molecule has 0 radical (unpaired) electrons. The molecule has 2 amide bonds. The first-order valence-corrected chi connectivity index (χ1v) is 10.2. The molecule has 0 spiro atoms. The van der Waals surface area contributed by atoms with Crippen molar-refractivity contribution >= 4 is 11.8 Å². The number of carbonyl (C=O) groups excluding carboxylic acids is 2. The van der Waals surface area contributed by atoms with Crippen LogP contribution in [-0.2, 0) is 9.59 Å². The number of hydrogen-bond acceptors (Lipinski definition) is 2. The molecule has 4 rings (SSSR count). The molecule has 4 aliphatic carbocycles. The van der Waals surface area contributed by atoms with Gasteiger partial charge < -0.3 is 10.2 Å². The summed E-state index contributed by atoms with van der Waals surface area (Å²) in [5, 5.41) is 3.17. The summed E-state index contributed by atoms with van der Waals surface area (Å²) < 4.78 is 0. The molecule has 0 aromatic carbocycles. The lowest BCUT2D eigenvalue weighted by atomic mass is 9.49. The van der Waals surface area contributed by atoms with Crippen molar-refractivity contribution in [2.24, 2.45) is 29.1 Å². The van der Waals surface area contributed by atoms with E-state index in [4.69, 9.17) is 0 Å². The van der Waals surface area contributed by atoms with E-state index < -0.39 is 6.04 Å². The molecule has 0 heterocycles. The van der Waals surface area contributed by atoms with E-state index in [0.717, 1.165) is 37.0 Å². The molecule has 4 nitrogen and oxygen atoms in total. The lowest BCUT2D eigenvalue weighted by Crippen LogP contribution is -2.58. The fourth-order valence-corrected chi connectivity index (χ4v) is 5.96. The maximum absolute atomic E-state index is 13.3. The normalized spacial score (nSPS) is 33.0. The van der Waals surface area contributed by atoms with Crippen LogP contribution in [0.25, 0.3) is 0 Å². The molecule has 4 bridgehead atoms. The SMILES string of the molecule is C=CCN(CC=C)C(=O)C(NC(=O)C12CC3CC(CC(C3)C1)C2)C(C)C. The topological polar surface area (TPSA) is 49.4 Å². The number of amides is 2. The van der Waals surface area contributed by atoms with Crippen molar-refractivity contribution in [2.75, 3.05) is 13.1 Å². The van der Waals surface area contributed by atoms with Gasteiger partial charge in [0, 0.05) is 18.5 Å². The van der Waals surface area contributed by atoms with Crippen molar-refractivity contribution in [2.45, 2.75) is 58.4 Å². The van der Waals surface area contributed by atoms with Gasteiger partial charge in [0.15, 0.2) is 0 Å². The van der Waals surface area contributed by atoms with Crippen LogP contribution in [0.2, 0.25) is 0 Å². The van der Waals surface area contributed by atoms with Gasteiger partial charge in [-0.05, 0) is 62.2 Å². The second-order valence-electron chi connectivity index (χ2n) is 9.21. The van der Waals surface area contributed by atoms with E-state index in [-0.39, 0.29) is 23.1 Å². The van der Waals surface area contributed by atoms with Crippen molar-refractivity contribution in [3.63, 3.8) is 0 Å². The summed E-state index contributed by atoms with van der Waals surface area (Å²) in [7, 11) is 0. The monoisotopic (exact) mass is 358 g/mol.